The Balaban J connectivity index is 1.31. The summed E-state index contributed by atoms with van der Waals surface area (Å²) < 4.78 is 32.8. The quantitative estimate of drug-likeness (QED) is 0.434. The molecule has 0 radical (unpaired) electrons. The molecular formula is C22H24FN7O3. The van der Waals surface area contributed by atoms with Crippen molar-refractivity contribution in [1.82, 2.24) is 29.7 Å². The monoisotopic (exact) mass is 453 g/mol. The first-order valence-electron chi connectivity index (χ1n) is 10.8. The smallest absolute Gasteiger partial charge is 0.324 e. The van der Waals surface area contributed by atoms with Crippen LogP contribution >= 0.6 is 0 Å². The highest BCUT2D eigenvalue weighted by atomic mass is 19.1. The SMILES string of the molecule is COc1cc(F)c(-c2cnn3c(OC4CCN(c5nc(C(C)C)no5)CC4)ccnc23)cn1. The number of ether oxygens (including phenoxy) is 2. The first-order valence-corrected chi connectivity index (χ1v) is 10.8. The second-order valence-electron chi connectivity index (χ2n) is 8.18. The molecule has 11 heteroatoms. The van der Waals surface area contributed by atoms with Crippen molar-refractivity contribution in [2.24, 2.45) is 0 Å². The largest absolute Gasteiger partial charge is 0.481 e. The molecule has 4 aromatic rings. The minimum atomic E-state index is -0.459. The van der Waals surface area contributed by atoms with E-state index in [9.17, 15) is 4.39 Å². The van der Waals surface area contributed by atoms with Gasteiger partial charge in [0.15, 0.2) is 11.5 Å². The molecule has 1 saturated heterocycles. The number of methoxy groups -OCH3 is 1. The van der Waals surface area contributed by atoms with Gasteiger partial charge in [0, 0.05) is 61.9 Å². The maximum absolute atomic E-state index is 14.6. The zero-order chi connectivity index (χ0) is 22.9. The number of hydrogen-bond donors (Lipinski definition) is 0. The van der Waals surface area contributed by atoms with Crippen molar-refractivity contribution >= 4 is 11.7 Å². The number of nitrogens with zero attached hydrogens (tertiary/aromatic N) is 7. The average Bonchev–Trinajstić information content (AvgIpc) is 3.48. The van der Waals surface area contributed by atoms with E-state index in [0.717, 1.165) is 25.9 Å². The van der Waals surface area contributed by atoms with Crippen LogP contribution in [0, 0.1) is 5.82 Å². The van der Waals surface area contributed by atoms with Crippen molar-refractivity contribution in [1.29, 1.82) is 0 Å². The molecule has 5 rings (SSSR count). The van der Waals surface area contributed by atoms with Crippen LogP contribution in [0.25, 0.3) is 16.8 Å². The lowest BCUT2D eigenvalue weighted by Gasteiger charge is -2.30. The third kappa shape index (κ3) is 4.06. The normalized spacial score (nSPS) is 14.9. The maximum Gasteiger partial charge on any atom is 0.324 e. The summed E-state index contributed by atoms with van der Waals surface area (Å²) >= 11 is 0. The molecule has 0 spiro atoms. The number of pyridine rings is 1. The van der Waals surface area contributed by atoms with Gasteiger partial charge in [0.05, 0.1) is 18.9 Å². The van der Waals surface area contributed by atoms with E-state index in [0.29, 0.717) is 34.5 Å². The van der Waals surface area contributed by atoms with Crippen LogP contribution in [0.3, 0.4) is 0 Å². The van der Waals surface area contributed by atoms with Gasteiger partial charge in [0.1, 0.15) is 11.9 Å². The number of halogens is 1. The first kappa shape index (κ1) is 21.1. The average molecular weight is 453 g/mol. The van der Waals surface area contributed by atoms with E-state index < -0.39 is 5.82 Å². The zero-order valence-electron chi connectivity index (χ0n) is 18.6. The van der Waals surface area contributed by atoms with E-state index in [1.807, 2.05) is 13.8 Å². The standard InChI is InChI=1S/C22H24FN7O3/c1-13(2)20-27-22(33-28-20)29-8-5-14(6-9-29)32-19-4-7-24-21-16(12-26-30(19)21)15-11-25-18(31-3)10-17(15)23/h4,7,10-14H,5-6,8-9H2,1-3H3. The molecule has 0 bridgehead atoms. The summed E-state index contributed by atoms with van der Waals surface area (Å²) in [5.74, 6) is 1.22. The number of hydrogen-bond acceptors (Lipinski definition) is 9. The molecular weight excluding hydrogens is 429 g/mol. The fourth-order valence-electron chi connectivity index (χ4n) is 3.80. The van der Waals surface area contributed by atoms with Gasteiger partial charge >= 0.3 is 6.01 Å². The Bertz CT molecular complexity index is 1260. The molecule has 0 N–H and O–H groups in total. The first-order chi connectivity index (χ1) is 16.0. The van der Waals surface area contributed by atoms with Crippen molar-refractivity contribution in [3.8, 4) is 22.9 Å². The Labute approximate surface area is 189 Å². The molecule has 0 atom stereocenters. The molecule has 5 heterocycles. The van der Waals surface area contributed by atoms with Crippen LogP contribution in [0.15, 0.2) is 35.2 Å². The summed E-state index contributed by atoms with van der Waals surface area (Å²) in [7, 11) is 1.44. The fraction of sp³-hybridized carbons (Fsp3) is 0.409. The molecule has 4 aromatic heterocycles. The highest BCUT2D eigenvalue weighted by Gasteiger charge is 2.26. The van der Waals surface area contributed by atoms with Gasteiger partial charge < -0.3 is 18.9 Å². The lowest BCUT2D eigenvalue weighted by molar-refractivity contribution is 0.158. The Hall–Kier alpha value is -3.76. The number of rotatable bonds is 6. The minimum Gasteiger partial charge on any atom is -0.481 e. The Kier molecular flexibility index (Phi) is 5.53. The number of aromatic nitrogens is 6. The molecule has 10 nitrogen and oxygen atoms in total. The van der Waals surface area contributed by atoms with E-state index in [4.69, 9.17) is 14.0 Å². The summed E-state index contributed by atoms with van der Waals surface area (Å²) in [6.45, 7) is 5.55. The lowest BCUT2D eigenvalue weighted by atomic mass is 10.1. The third-order valence-electron chi connectivity index (χ3n) is 5.64. The molecule has 0 amide bonds. The highest BCUT2D eigenvalue weighted by Crippen LogP contribution is 2.30. The van der Waals surface area contributed by atoms with Gasteiger partial charge in [-0.25, -0.2) is 14.4 Å². The van der Waals surface area contributed by atoms with Gasteiger partial charge in [-0.15, -0.1) is 0 Å². The molecule has 33 heavy (non-hydrogen) atoms. The Morgan fingerprint density at radius 2 is 1.97 bits per heavy atom. The molecule has 0 unspecified atom stereocenters. The van der Waals surface area contributed by atoms with E-state index in [1.54, 1.807) is 23.0 Å². The summed E-state index contributed by atoms with van der Waals surface area (Å²) in [4.78, 5) is 15.0. The van der Waals surface area contributed by atoms with Gasteiger partial charge in [0.2, 0.25) is 11.8 Å². The van der Waals surface area contributed by atoms with Crippen LogP contribution in [0.5, 0.6) is 11.8 Å². The number of piperidine rings is 1. The van der Waals surface area contributed by atoms with Gasteiger partial charge in [-0.2, -0.15) is 14.6 Å². The molecule has 172 valence electrons. The summed E-state index contributed by atoms with van der Waals surface area (Å²) in [5.41, 5.74) is 1.31. The van der Waals surface area contributed by atoms with E-state index in [2.05, 4.69) is 30.1 Å². The van der Waals surface area contributed by atoms with E-state index in [-0.39, 0.29) is 17.9 Å². The van der Waals surface area contributed by atoms with E-state index in [1.165, 1.54) is 19.4 Å². The van der Waals surface area contributed by atoms with Crippen LogP contribution in [0.1, 0.15) is 38.4 Å². The molecule has 0 aliphatic carbocycles. The summed E-state index contributed by atoms with van der Waals surface area (Å²) in [6.07, 6.45) is 6.17. The van der Waals surface area contributed by atoms with Crippen LogP contribution in [-0.2, 0) is 0 Å². The van der Waals surface area contributed by atoms with Crippen molar-refractivity contribution in [2.45, 2.75) is 38.7 Å². The zero-order valence-corrected chi connectivity index (χ0v) is 18.6. The maximum atomic E-state index is 14.6. The molecule has 1 fully saturated rings. The molecule has 0 saturated carbocycles. The molecule has 1 aliphatic rings. The number of anilines is 1. The van der Waals surface area contributed by atoms with Crippen LogP contribution in [-0.4, -0.2) is 56.0 Å². The molecule has 0 aromatic carbocycles. The fourth-order valence-corrected chi connectivity index (χ4v) is 3.80. The summed E-state index contributed by atoms with van der Waals surface area (Å²) in [6, 6.07) is 3.54. The predicted molar refractivity (Wildman–Crippen MR) is 117 cm³/mol. The Morgan fingerprint density at radius 3 is 2.67 bits per heavy atom. The van der Waals surface area contributed by atoms with Crippen LogP contribution in [0.4, 0.5) is 10.4 Å². The van der Waals surface area contributed by atoms with Gasteiger partial charge in [-0.1, -0.05) is 19.0 Å². The topological polar surface area (TPSA) is 104 Å². The van der Waals surface area contributed by atoms with Crippen molar-refractivity contribution < 1.29 is 18.4 Å². The van der Waals surface area contributed by atoms with Crippen LogP contribution in [0.2, 0.25) is 0 Å². The predicted octanol–water partition coefficient (Wildman–Crippen LogP) is 3.49. The van der Waals surface area contributed by atoms with Crippen molar-refractivity contribution in [3.63, 3.8) is 0 Å². The third-order valence-corrected chi connectivity index (χ3v) is 5.64. The lowest BCUT2D eigenvalue weighted by Crippen LogP contribution is -2.38. The second kappa shape index (κ2) is 8.64. The van der Waals surface area contributed by atoms with E-state index >= 15 is 0 Å². The minimum absolute atomic E-state index is 0.00798. The second-order valence-corrected chi connectivity index (χ2v) is 8.18. The number of fused-ring (bicyclic) bond motifs is 1. The van der Waals surface area contributed by atoms with Gasteiger partial charge in [-0.3, -0.25) is 0 Å². The van der Waals surface area contributed by atoms with Gasteiger partial charge in [0.25, 0.3) is 0 Å². The molecule has 1 aliphatic heterocycles. The van der Waals surface area contributed by atoms with Crippen LogP contribution < -0.4 is 14.4 Å². The highest BCUT2D eigenvalue weighted by molar-refractivity contribution is 5.77. The Morgan fingerprint density at radius 1 is 1.15 bits per heavy atom. The van der Waals surface area contributed by atoms with Crippen molar-refractivity contribution in [3.05, 3.63) is 42.4 Å². The van der Waals surface area contributed by atoms with Crippen molar-refractivity contribution in [2.75, 3.05) is 25.1 Å². The van der Waals surface area contributed by atoms with Gasteiger partial charge in [-0.05, 0) is 0 Å². The summed E-state index contributed by atoms with van der Waals surface area (Å²) in [5, 5.41) is 8.42.